The van der Waals surface area contributed by atoms with Crippen molar-refractivity contribution in [2.75, 3.05) is 7.11 Å². The second-order valence-corrected chi connectivity index (χ2v) is 8.96. The average molecular weight is 528 g/mol. The molecule has 4 aromatic rings. The normalized spacial score (nSPS) is 11.5. The van der Waals surface area contributed by atoms with E-state index in [0.29, 0.717) is 33.2 Å². The largest absolute Gasteiger partial charge is 0.496 e. The molecule has 4 rings (SSSR count). The van der Waals surface area contributed by atoms with Crippen molar-refractivity contribution in [2.45, 2.75) is 19.1 Å². The van der Waals surface area contributed by atoms with Crippen molar-refractivity contribution in [2.24, 2.45) is 0 Å². The molecule has 0 aliphatic heterocycles. The Morgan fingerprint density at radius 2 is 1.94 bits per heavy atom. The summed E-state index contributed by atoms with van der Waals surface area (Å²) in [6.07, 6.45) is 1.30. The standard InChI is InChI=1S/C24H18ClN3O7S/c1-12-8-14(9-18(13(12)2)28(31)32)19-7-5-16(34-19)11-21(23(29)30)36-24-27-26-22(35-24)17-10-15(25)4-6-20(17)33-3/h4-11H,1-3H3,(H,29,30)/b21-11-. The van der Waals surface area contributed by atoms with Gasteiger partial charge in [-0.05, 0) is 67.6 Å². The molecule has 2 aromatic heterocycles. The second-order valence-electron chi connectivity index (χ2n) is 7.53. The smallest absolute Gasteiger partial charge is 0.342 e. The first-order valence-electron chi connectivity index (χ1n) is 10.3. The number of nitro groups is 1. The van der Waals surface area contributed by atoms with E-state index in [9.17, 15) is 20.0 Å². The van der Waals surface area contributed by atoms with Crippen LogP contribution in [0.3, 0.4) is 0 Å². The molecule has 0 aliphatic rings. The van der Waals surface area contributed by atoms with E-state index in [1.54, 1.807) is 50.2 Å². The molecule has 0 unspecified atom stereocenters. The number of furan rings is 1. The molecule has 1 N–H and O–H groups in total. The number of rotatable bonds is 8. The van der Waals surface area contributed by atoms with Crippen LogP contribution in [0.4, 0.5) is 5.69 Å². The highest BCUT2D eigenvalue weighted by molar-refractivity contribution is 8.03. The van der Waals surface area contributed by atoms with Crippen molar-refractivity contribution in [1.82, 2.24) is 10.2 Å². The zero-order valence-corrected chi connectivity index (χ0v) is 20.7. The molecule has 0 radical (unpaired) electrons. The molecule has 0 atom stereocenters. The van der Waals surface area contributed by atoms with Crippen LogP contribution in [0.2, 0.25) is 5.02 Å². The van der Waals surface area contributed by atoms with Gasteiger partial charge in [0.1, 0.15) is 22.2 Å². The molecule has 0 aliphatic carbocycles. The van der Waals surface area contributed by atoms with E-state index >= 15 is 0 Å². The molecule has 184 valence electrons. The predicted molar refractivity (Wildman–Crippen MR) is 133 cm³/mol. The molecule has 36 heavy (non-hydrogen) atoms. The zero-order chi connectivity index (χ0) is 26.0. The van der Waals surface area contributed by atoms with Crippen LogP contribution in [0.1, 0.15) is 16.9 Å². The molecule has 2 heterocycles. The third kappa shape index (κ3) is 5.26. The predicted octanol–water partition coefficient (Wildman–Crippen LogP) is 6.40. The van der Waals surface area contributed by atoms with Gasteiger partial charge < -0.3 is 18.7 Å². The second kappa shape index (κ2) is 10.3. The Morgan fingerprint density at radius 1 is 1.17 bits per heavy atom. The molecule has 0 spiro atoms. The number of aliphatic carboxylic acids is 1. The van der Waals surface area contributed by atoms with Crippen LogP contribution in [-0.4, -0.2) is 33.3 Å². The van der Waals surface area contributed by atoms with Gasteiger partial charge in [0.25, 0.3) is 16.8 Å². The van der Waals surface area contributed by atoms with Gasteiger partial charge >= 0.3 is 5.97 Å². The minimum atomic E-state index is -1.24. The Bertz CT molecular complexity index is 1510. The molecule has 2 aromatic carbocycles. The van der Waals surface area contributed by atoms with Gasteiger partial charge in [0, 0.05) is 28.3 Å². The van der Waals surface area contributed by atoms with Crippen LogP contribution in [0, 0.1) is 24.0 Å². The van der Waals surface area contributed by atoms with Crippen molar-refractivity contribution in [3.05, 3.63) is 79.4 Å². The van der Waals surface area contributed by atoms with Crippen molar-refractivity contribution < 1.29 is 28.4 Å². The highest BCUT2D eigenvalue weighted by Gasteiger charge is 2.20. The summed E-state index contributed by atoms with van der Waals surface area (Å²) >= 11 is 6.79. The summed E-state index contributed by atoms with van der Waals surface area (Å²) in [6.45, 7) is 3.45. The number of benzene rings is 2. The Balaban J connectivity index is 1.61. The van der Waals surface area contributed by atoms with E-state index in [2.05, 4.69) is 10.2 Å². The lowest BCUT2D eigenvalue weighted by molar-refractivity contribution is -0.385. The van der Waals surface area contributed by atoms with E-state index in [-0.39, 0.29) is 27.5 Å². The van der Waals surface area contributed by atoms with Crippen molar-refractivity contribution in [3.8, 4) is 28.5 Å². The Labute approximate surface area is 213 Å². The van der Waals surface area contributed by atoms with E-state index in [1.807, 2.05) is 0 Å². The molecule has 10 nitrogen and oxygen atoms in total. The third-order valence-corrected chi connectivity index (χ3v) is 6.31. The molecular formula is C24H18ClN3O7S. The summed E-state index contributed by atoms with van der Waals surface area (Å²) < 4.78 is 16.7. The van der Waals surface area contributed by atoms with Crippen LogP contribution in [-0.2, 0) is 4.79 Å². The van der Waals surface area contributed by atoms with Crippen LogP contribution >= 0.6 is 23.4 Å². The fourth-order valence-corrected chi connectivity index (χ4v) is 4.15. The summed E-state index contributed by atoms with van der Waals surface area (Å²) in [5.74, 6) is -0.0799. The first kappa shape index (κ1) is 25.0. The average Bonchev–Trinajstić information content (AvgIpc) is 3.50. The molecule has 0 amide bonds. The van der Waals surface area contributed by atoms with Gasteiger partial charge in [-0.1, -0.05) is 11.6 Å². The molecule has 0 bridgehead atoms. The highest BCUT2D eigenvalue weighted by atomic mass is 35.5. The number of nitro benzene ring substituents is 1. The Morgan fingerprint density at radius 3 is 2.64 bits per heavy atom. The zero-order valence-electron chi connectivity index (χ0n) is 19.1. The summed E-state index contributed by atoms with van der Waals surface area (Å²) in [4.78, 5) is 22.6. The summed E-state index contributed by atoms with van der Waals surface area (Å²) in [7, 11) is 1.48. The van der Waals surface area contributed by atoms with E-state index in [1.165, 1.54) is 19.3 Å². The monoisotopic (exact) mass is 527 g/mol. The topological polar surface area (TPSA) is 142 Å². The van der Waals surface area contributed by atoms with Crippen LogP contribution < -0.4 is 4.74 Å². The number of halogens is 1. The van der Waals surface area contributed by atoms with Crippen LogP contribution in [0.5, 0.6) is 5.75 Å². The van der Waals surface area contributed by atoms with Gasteiger partial charge in [0.15, 0.2) is 0 Å². The Kier molecular flexibility index (Phi) is 7.13. The lowest BCUT2D eigenvalue weighted by Gasteiger charge is -2.05. The maximum atomic E-state index is 11.9. The Hall–Kier alpha value is -4.09. The number of nitrogens with zero attached hydrogens (tertiary/aromatic N) is 3. The van der Waals surface area contributed by atoms with Gasteiger partial charge in [0.05, 0.1) is 17.6 Å². The summed E-state index contributed by atoms with van der Waals surface area (Å²) in [6, 6.07) is 11.3. The number of carboxylic acids is 1. The van der Waals surface area contributed by atoms with Crippen molar-refractivity contribution >= 4 is 41.1 Å². The number of ether oxygens (including phenoxy) is 1. The fourth-order valence-electron chi connectivity index (χ4n) is 3.32. The number of carbonyl (C=O) groups is 1. The fraction of sp³-hybridized carbons (Fsp3) is 0.125. The van der Waals surface area contributed by atoms with Crippen LogP contribution in [0.25, 0.3) is 28.9 Å². The molecule has 0 saturated heterocycles. The molecule has 0 fully saturated rings. The van der Waals surface area contributed by atoms with Crippen molar-refractivity contribution in [1.29, 1.82) is 0 Å². The highest BCUT2D eigenvalue weighted by Crippen LogP contribution is 2.36. The summed E-state index contributed by atoms with van der Waals surface area (Å²) in [5, 5.41) is 29.3. The minimum absolute atomic E-state index is 0.0164. The lowest BCUT2D eigenvalue weighted by atomic mass is 10.0. The number of aromatic nitrogens is 2. The van der Waals surface area contributed by atoms with Gasteiger partial charge in [-0.25, -0.2) is 4.79 Å². The summed E-state index contributed by atoms with van der Waals surface area (Å²) in [5.41, 5.74) is 2.24. The van der Waals surface area contributed by atoms with Gasteiger partial charge in [-0.15, -0.1) is 10.2 Å². The van der Waals surface area contributed by atoms with E-state index in [4.69, 9.17) is 25.2 Å². The third-order valence-electron chi connectivity index (χ3n) is 5.23. The van der Waals surface area contributed by atoms with Gasteiger partial charge in [0.2, 0.25) is 0 Å². The number of aryl methyl sites for hydroxylation is 1. The number of methoxy groups -OCH3 is 1. The quantitative estimate of drug-likeness (QED) is 0.118. The number of carboxylic acid groups (broad SMARTS) is 1. The van der Waals surface area contributed by atoms with Crippen LogP contribution in [0.15, 0.2) is 61.4 Å². The first-order valence-corrected chi connectivity index (χ1v) is 11.5. The van der Waals surface area contributed by atoms with E-state index in [0.717, 1.165) is 17.3 Å². The van der Waals surface area contributed by atoms with Gasteiger partial charge in [-0.2, -0.15) is 0 Å². The van der Waals surface area contributed by atoms with Crippen molar-refractivity contribution in [3.63, 3.8) is 0 Å². The van der Waals surface area contributed by atoms with E-state index < -0.39 is 10.9 Å². The molecular weight excluding hydrogens is 510 g/mol. The lowest BCUT2D eigenvalue weighted by Crippen LogP contribution is -1.96. The maximum absolute atomic E-state index is 11.9. The molecule has 0 saturated carbocycles. The first-order chi connectivity index (χ1) is 17.2. The minimum Gasteiger partial charge on any atom is -0.496 e. The maximum Gasteiger partial charge on any atom is 0.342 e. The number of thioether (sulfide) groups is 1. The SMILES string of the molecule is COc1ccc(Cl)cc1-c1nnc(S/C(=C\c2ccc(-c3cc(C)c(C)c([N+](=O)[O-])c3)o2)C(=O)O)o1. The van der Waals surface area contributed by atoms with Gasteiger partial charge in [-0.3, -0.25) is 10.1 Å². The molecule has 12 heteroatoms. The number of hydrogen-bond donors (Lipinski definition) is 1. The number of hydrogen-bond acceptors (Lipinski definition) is 9.